The lowest BCUT2D eigenvalue weighted by atomic mass is 9.86. The van der Waals surface area contributed by atoms with E-state index >= 15 is 0 Å². The fraction of sp³-hybridized carbons (Fsp3) is 0.611. The molecule has 1 heterocycles. The topological polar surface area (TPSA) is 44.4 Å². The molecule has 2 atom stereocenters. The SMILES string of the molecule is CC1CCCCC1NC(=O)CN1CCNCc2ccccc21.Cl. The standard InChI is InChI=1S/C18H27N3O.ClH/c1-14-6-2-4-8-16(14)20-18(22)13-21-11-10-19-12-15-7-3-5-9-17(15)21;/h3,5,7,9,14,16,19H,2,4,6,8,10-13H2,1H3,(H,20,22);1H. The van der Waals surface area contributed by atoms with Gasteiger partial charge in [0.1, 0.15) is 0 Å². The van der Waals surface area contributed by atoms with Crippen LogP contribution in [0.1, 0.15) is 38.2 Å². The van der Waals surface area contributed by atoms with Crippen molar-refractivity contribution >= 4 is 24.0 Å². The van der Waals surface area contributed by atoms with Crippen LogP contribution in [-0.4, -0.2) is 31.6 Å². The van der Waals surface area contributed by atoms with E-state index in [4.69, 9.17) is 0 Å². The maximum absolute atomic E-state index is 12.5. The molecule has 1 aromatic carbocycles. The fourth-order valence-corrected chi connectivity index (χ4v) is 3.65. The smallest absolute Gasteiger partial charge is 0.239 e. The third kappa shape index (κ3) is 4.61. The molecule has 0 spiro atoms. The Kier molecular flexibility index (Phi) is 6.72. The van der Waals surface area contributed by atoms with Crippen molar-refractivity contribution in [1.29, 1.82) is 0 Å². The summed E-state index contributed by atoms with van der Waals surface area (Å²) in [6, 6.07) is 8.74. The Hall–Kier alpha value is -1.26. The van der Waals surface area contributed by atoms with Crippen molar-refractivity contribution in [3.63, 3.8) is 0 Å². The third-order valence-electron chi connectivity index (χ3n) is 5.00. The molecule has 2 aliphatic rings. The molecular formula is C18H28ClN3O. The van der Waals surface area contributed by atoms with Gasteiger partial charge in [-0.2, -0.15) is 0 Å². The molecule has 0 bridgehead atoms. The Morgan fingerprint density at radius 1 is 1.30 bits per heavy atom. The average Bonchev–Trinajstić information content (AvgIpc) is 2.72. The number of nitrogens with one attached hydrogen (secondary N) is 2. The molecule has 1 amide bonds. The summed E-state index contributed by atoms with van der Waals surface area (Å²) in [6.45, 7) is 5.40. The minimum atomic E-state index is 0. The summed E-state index contributed by atoms with van der Waals surface area (Å²) in [6.07, 6.45) is 4.91. The molecule has 3 rings (SSSR count). The van der Waals surface area contributed by atoms with E-state index in [0.29, 0.717) is 18.5 Å². The Morgan fingerprint density at radius 3 is 2.91 bits per heavy atom. The van der Waals surface area contributed by atoms with Gasteiger partial charge in [-0.05, 0) is 30.4 Å². The Labute approximate surface area is 145 Å². The maximum atomic E-state index is 12.5. The summed E-state index contributed by atoms with van der Waals surface area (Å²) in [5, 5.41) is 6.69. The summed E-state index contributed by atoms with van der Waals surface area (Å²) in [5.74, 6) is 0.770. The average molecular weight is 338 g/mol. The Bertz CT molecular complexity index is 523. The van der Waals surface area contributed by atoms with E-state index in [2.05, 4.69) is 46.7 Å². The molecule has 1 aliphatic heterocycles. The quantitative estimate of drug-likeness (QED) is 0.891. The highest BCUT2D eigenvalue weighted by molar-refractivity contribution is 5.85. The van der Waals surface area contributed by atoms with Gasteiger partial charge < -0.3 is 15.5 Å². The summed E-state index contributed by atoms with van der Waals surface area (Å²) in [4.78, 5) is 14.7. The monoisotopic (exact) mass is 337 g/mol. The molecule has 0 radical (unpaired) electrons. The van der Waals surface area contributed by atoms with Crippen molar-refractivity contribution in [3.05, 3.63) is 29.8 Å². The number of amides is 1. The van der Waals surface area contributed by atoms with E-state index in [0.717, 1.165) is 26.1 Å². The lowest BCUT2D eigenvalue weighted by molar-refractivity contribution is -0.121. The van der Waals surface area contributed by atoms with Crippen LogP contribution in [0.4, 0.5) is 5.69 Å². The van der Waals surface area contributed by atoms with Crippen molar-refractivity contribution in [3.8, 4) is 0 Å². The van der Waals surface area contributed by atoms with E-state index in [-0.39, 0.29) is 18.3 Å². The van der Waals surface area contributed by atoms with Crippen LogP contribution in [-0.2, 0) is 11.3 Å². The zero-order valence-corrected chi connectivity index (χ0v) is 14.7. The van der Waals surface area contributed by atoms with Crippen molar-refractivity contribution in [1.82, 2.24) is 10.6 Å². The molecular weight excluding hydrogens is 310 g/mol. The molecule has 5 heteroatoms. The van der Waals surface area contributed by atoms with Crippen LogP contribution in [0, 0.1) is 5.92 Å². The second-order valence-corrected chi connectivity index (χ2v) is 6.66. The predicted octanol–water partition coefficient (Wildman–Crippen LogP) is 2.71. The molecule has 1 saturated carbocycles. The number of fused-ring (bicyclic) bond motifs is 1. The van der Waals surface area contributed by atoms with Crippen LogP contribution in [0.15, 0.2) is 24.3 Å². The van der Waals surface area contributed by atoms with Crippen LogP contribution in [0.25, 0.3) is 0 Å². The van der Waals surface area contributed by atoms with Gasteiger partial charge in [-0.3, -0.25) is 4.79 Å². The lowest BCUT2D eigenvalue weighted by Gasteiger charge is -2.31. The summed E-state index contributed by atoms with van der Waals surface area (Å²) in [7, 11) is 0. The molecule has 1 aromatic rings. The Morgan fingerprint density at radius 2 is 2.09 bits per heavy atom. The zero-order chi connectivity index (χ0) is 15.4. The normalized spacial score (nSPS) is 24.1. The molecule has 1 aliphatic carbocycles. The highest BCUT2D eigenvalue weighted by atomic mass is 35.5. The number of hydrogen-bond acceptors (Lipinski definition) is 3. The van der Waals surface area contributed by atoms with Crippen LogP contribution in [0.5, 0.6) is 0 Å². The molecule has 23 heavy (non-hydrogen) atoms. The number of carbonyl (C=O) groups excluding carboxylic acids is 1. The van der Waals surface area contributed by atoms with Crippen molar-refractivity contribution in [2.75, 3.05) is 24.5 Å². The van der Waals surface area contributed by atoms with E-state index < -0.39 is 0 Å². The van der Waals surface area contributed by atoms with Crippen molar-refractivity contribution in [2.45, 2.75) is 45.2 Å². The summed E-state index contributed by atoms with van der Waals surface area (Å²) >= 11 is 0. The molecule has 2 N–H and O–H groups in total. The van der Waals surface area contributed by atoms with E-state index in [1.807, 2.05) is 0 Å². The highest BCUT2D eigenvalue weighted by Gasteiger charge is 2.24. The first-order valence-electron chi connectivity index (χ1n) is 8.57. The number of anilines is 1. The number of hydrogen-bond donors (Lipinski definition) is 2. The van der Waals surface area contributed by atoms with E-state index in [1.165, 1.54) is 30.5 Å². The van der Waals surface area contributed by atoms with Crippen LogP contribution < -0.4 is 15.5 Å². The highest BCUT2D eigenvalue weighted by Crippen LogP contribution is 2.24. The second-order valence-electron chi connectivity index (χ2n) is 6.66. The molecule has 2 unspecified atom stereocenters. The van der Waals surface area contributed by atoms with Gasteiger partial charge in [0, 0.05) is 31.4 Å². The van der Waals surface area contributed by atoms with E-state index in [9.17, 15) is 4.79 Å². The number of halogens is 1. The van der Waals surface area contributed by atoms with E-state index in [1.54, 1.807) is 0 Å². The molecule has 1 fully saturated rings. The lowest BCUT2D eigenvalue weighted by Crippen LogP contribution is -2.46. The minimum Gasteiger partial charge on any atom is -0.361 e. The summed E-state index contributed by atoms with van der Waals surface area (Å²) < 4.78 is 0. The largest absolute Gasteiger partial charge is 0.361 e. The number of carbonyl (C=O) groups is 1. The van der Waals surface area contributed by atoms with Gasteiger partial charge >= 0.3 is 0 Å². The molecule has 128 valence electrons. The number of rotatable bonds is 3. The number of benzene rings is 1. The van der Waals surface area contributed by atoms with Crippen LogP contribution in [0.2, 0.25) is 0 Å². The molecule has 4 nitrogen and oxygen atoms in total. The van der Waals surface area contributed by atoms with Gasteiger partial charge in [0.15, 0.2) is 0 Å². The summed E-state index contributed by atoms with van der Waals surface area (Å²) in [5.41, 5.74) is 2.47. The third-order valence-corrected chi connectivity index (χ3v) is 5.00. The van der Waals surface area contributed by atoms with Crippen molar-refractivity contribution < 1.29 is 4.79 Å². The van der Waals surface area contributed by atoms with Gasteiger partial charge in [0.2, 0.25) is 5.91 Å². The van der Waals surface area contributed by atoms with Crippen molar-refractivity contribution in [2.24, 2.45) is 5.92 Å². The molecule has 0 aromatic heterocycles. The first kappa shape index (κ1) is 18.1. The fourth-order valence-electron chi connectivity index (χ4n) is 3.65. The van der Waals surface area contributed by atoms with Gasteiger partial charge in [-0.15, -0.1) is 12.4 Å². The van der Waals surface area contributed by atoms with Crippen LogP contribution in [0.3, 0.4) is 0 Å². The number of nitrogens with zero attached hydrogens (tertiary/aromatic N) is 1. The first-order chi connectivity index (χ1) is 10.7. The predicted molar refractivity (Wildman–Crippen MR) is 97.2 cm³/mol. The second kappa shape index (κ2) is 8.55. The van der Waals surface area contributed by atoms with Gasteiger partial charge in [-0.25, -0.2) is 0 Å². The minimum absolute atomic E-state index is 0. The Balaban J connectivity index is 0.00000192. The van der Waals surface area contributed by atoms with Gasteiger partial charge in [0.05, 0.1) is 6.54 Å². The maximum Gasteiger partial charge on any atom is 0.239 e. The first-order valence-corrected chi connectivity index (χ1v) is 8.57. The van der Waals surface area contributed by atoms with Gasteiger partial charge in [-0.1, -0.05) is 38.0 Å². The van der Waals surface area contributed by atoms with Gasteiger partial charge in [0.25, 0.3) is 0 Å². The number of para-hydroxylation sites is 1. The molecule has 0 saturated heterocycles. The van der Waals surface area contributed by atoms with Crippen LogP contribution >= 0.6 is 12.4 Å². The zero-order valence-electron chi connectivity index (χ0n) is 13.9.